The van der Waals surface area contributed by atoms with E-state index in [-0.39, 0.29) is 0 Å². The molecule has 130 valence electrons. The van der Waals surface area contributed by atoms with E-state index < -0.39 is 0 Å². The van der Waals surface area contributed by atoms with Crippen LogP contribution in [0.3, 0.4) is 0 Å². The van der Waals surface area contributed by atoms with Gasteiger partial charge >= 0.3 is 0 Å². The topological polar surface area (TPSA) is 50.7 Å². The minimum atomic E-state index is 0.556. The number of nitrogens with zero attached hydrogens (tertiary/aromatic N) is 3. The summed E-state index contributed by atoms with van der Waals surface area (Å²) in [6, 6.07) is 0.556. The van der Waals surface area contributed by atoms with Gasteiger partial charge in [0, 0.05) is 17.1 Å². The number of hydrogen-bond acceptors (Lipinski definition) is 5. The molecule has 2 aliphatic rings. The summed E-state index contributed by atoms with van der Waals surface area (Å²) in [5.74, 6) is 1.02. The number of nitrogens with one attached hydrogen (secondary N) is 1. The zero-order valence-corrected chi connectivity index (χ0v) is 15.6. The summed E-state index contributed by atoms with van der Waals surface area (Å²) in [7, 11) is 0. The molecule has 2 aliphatic carbocycles. The minimum absolute atomic E-state index is 0.556. The van der Waals surface area contributed by atoms with Crippen LogP contribution in [0.4, 0.5) is 5.82 Å². The number of thiophene rings is 1. The average molecular weight is 353 g/mol. The molecule has 0 spiro atoms. The van der Waals surface area contributed by atoms with Crippen molar-refractivity contribution < 1.29 is 0 Å². The summed E-state index contributed by atoms with van der Waals surface area (Å²) >= 11 is 1.77. The van der Waals surface area contributed by atoms with E-state index in [1.807, 2.05) is 0 Å². The molecule has 1 saturated carbocycles. The van der Waals surface area contributed by atoms with Crippen LogP contribution in [0.5, 0.6) is 0 Å². The zero-order chi connectivity index (χ0) is 16.8. The third-order valence-corrected chi connectivity index (χ3v) is 6.95. The summed E-state index contributed by atoms with van der Waals surface area (Å²) in [5.41, 5.74) is 5.30. The van der Waals surface area contributed by atoms with Crippen molar-refractivity contribution in [3.8, 4) is 0 Å². The molecule has 0 bridgehead atoms. The molecule has 0 radical (unpaired) electrons. The number of pyridine rings is 1. The van der Waals surface area contributed by atoms with Crippen molar-refractivity contribution in [2.75, 3.05) is 5.32 Å². The summed E-state index contributed by atoms with van der Waals surface area (Å²) < 4.78 is 1.19. The predicted molar refractivity (Wildman–Crippen MR) is 105 cm³/mol. The molecule has 5 rings (SSSR count). The second-order valence-corrected chi connectivity index (χ2v) is 8.52. The largest absolute Gasteiger partial charge is 0.366 e. The Kier molecular flexibility index (Phi) is 3.85. The van der Waals surface area contributed by atoms with E-state index in [0.717, 1.165) is 22.6 Å². The van der Waals surface area contributed by atoms with Gasteiger partial charge in [-0.3, -0.25) is 0 Å². The Hall–Kier alpha value is -1.75. The fourth-order valence-electron chi connectivity index (χ4n) is 4.59. The van der Waals surface area contributed by atoms with Crippen LogP contribution in [0.2, 0.25) is 0 Å². The van der Waals surface area contributed by atoms with Gasteiger partial charge in [0.05, 0.1) is 10.2 Å². The third kappa shape index (κ3) is 2.60. The van der Waals surface area contributed by atoms with Gasteiger partial charge in [0.15, 0.2) is 0 Å². The Morgan fingerprint density at radius 2 is 1.80 bits per heavy atom. The quantitative estimate of drug-likeness (QED) is 0.691. The summed E-state index contributed by atoms with van der Waals surface area (Å²) in [6.07, 6.45) is 13.2. The van der Waals surface area contributed by atoms with Gasteiger partial charge in [0.25, 0.3) is 0 Å². The lowest BCUT2D eigenvalue weighted by molar-refractivity contribution is 0.462. The minimum Gasteiger partial charge on any atom is -0.366 e. The van der Waals surface area contributed by atoms with Crippen molar-refractivity contribution in [2.24, 2.45) is 0 Å². The highest BCUT2D eigenvalue weighted by Gasteiger charge is 2.22. The average Bonchev–Trinajstić information content (AvgIpc) is 3.02. The Bertz CT molecular complexity index is 940. The van der Waals surface area contributed by atoms with E-state index in [9.17, 15) is 0 Å². The van der Waals surface area contributed by atoms with Crippen LogP contribution in [-0.2, 0) is 12.8 Å². The first-order valence-corrected chi connectivity index (χ1v) is 10.4. The van der Waals surface area contributed by atoms with Gasteiger partial charge in [-0.2, -0.15) is 0 Å². The molecule has 1 N–H and O–H groups in total. The molecular weight excluding hydrogens is 328 g/mol. The Balaban J connectivity index is 1.67. The van der Waals surface area contributed by atoms with Crippen molar-refractivity contribution in [1.29, 1.82) is 0 Å². The van der Waals surface area contributed by atoms with E-state index in [1.165, 1.54) is 78.3 Å². The normalized spacial score (nSPS) is 18.6. The lowest BCUT2D eigenvalue weighted by atomic mass is 9.89. The number of hydrogen-bond donors (Lipinski definition) is 1. The summed E-state index contributed by atoms with van der Waals surface area (Å²) in [4.78, 5) is 15.3. The standard InChI is InChI=1S/C20H24N4S/c1-12-14-9-5-6-10-15(14)16-17-18(25-20(16)23-12)19(22-11-21-17)24-13-7-3-2-4-8-13/h11,13H,2-10H2,1H3,(H,21,22,24). The fraction of sp³-hybridized carbons (Fsp3) is 0.550. The van der Waals surface area contributed by atoms with Crippen molar-refractivity contribution >= 4 is 37.6 Å². The Morgan fingerprint density at radius 1 is 1.00 bits per heavy atom. The van der Waals surface area contributed by atoms with E-state index in [4.69, 9.17) is 4.98 Å². The van der Waals surface area contributed by atoms with E-state index in [1.54, 1.807) is 17.7 Å². The number of aromatic nitrogens is 3. The van der Waals surface area contributed by atoms with Crippen molar-refractivity contribution in [2.45, 2.75) is 70.8 Å². The number of rotatable bonds is 2. The molecular formula is C20H24N4S. The first-order chi connectivity index (χ1) is 12.3. The molecule has 0 aliphatic heterocycles. The molecule has 5 heteroatoms. The Labute approximate surface area is 152 Å². The maximum Gasteiger partial charge on any atom is 0.147 e. The first-order valence-electron chi connectivity index (χ1n) is 9.63. The van der Waals surface area contributed by atoms with Gasteiger partial charge in [0.2, 0.25) is 0 Å². The molecule has 0 amide bonds. The fourth-order valence-corrected chi connectivity index (χ4v) is 5.75. The van der Waals surface area contributed by atoms with Crippen LogP contribution < -0.4 is 5.32 Å². The van der Waals surface area contributed by atoms with Crippen LogP contribution in [0, 0.1) is 6.92 Å². The summed E-state index contributed by atoms with van der Waals surface area (Å²) in [5, 5.41) is 5.01. The highest BCUT2D eigenvalue weighted by molar-refractivity contribution is 7.26. The molecule has 0 unspecified atom stereocenters. The molecule has 3 heterocycles. The SMILES string of the molecule is Cc1nc2sc3c(NC4CCCCC4)ncnc3c2c2c1CCCC2. The number of aryl methyl sites for hydroxylation is 2. The van der Waals surface area contributed by atoms with Crippen LogP contribution in [0.1, 0.15) is 61.8 Å². The highest BCUT2D eigenvalue weighted by atomic mass is 32.1. The molecule has 0 aromatic carbocycles. The molecule has 3 aromatic heterocycles. The first kappa shape index (κ1) is 15.5. The van der Waals surface area contributed by atoms with Crippen LogP contribution in [-0.4, -0.2) is 21.0 Å². The molecule has 1 fully saturated rings. The van der Waals surface area contributed by atoms with Gasteiger partial charge < -0.3 is 5.32 Å². The molecule has 4 nitrogen and oxygen atoms in total. The van der Waals surface area contributed by atoms with Crippen molar-refractivity contribution in [1.82, 2.24) is 15.0 Å². The zero-order valence-electron chi connectivity index (χ0n) is 14.8. The van der Waals surface area contributed by atoms with Gasteiger partial charge in [0.1, 0.15) is 17.0 Å². The molecule has 25 heavy (non-hydrogen) atoms. The highest BCUT2D eigenvalue weighted by Crippen LogP contribution is 2.40. The number of anilines is 1. The van der Waals surface area contributed by atoms with E-state index >= 15 is 0 Å². The van der Waals surface area contributed by atoms with E-state index in [2.05, 4.69) is 22.2 Å². The lowest BCUT2D eigenvalue weighted by Gasteiger charge is -2.23. The number of fused-ring (bicyclic) bond motifs is 5. The van der Waals surface area contributed by atoms with Crippen LogP contribution in [0.25, 0.3) is 20.4 Å². The molecule has 0 atom stereocenters. The van der Waals surface area contributed by atoms with E-state index in [0.29, 0.717) is 6.04 Å². The second-order valence-electron chi connectivity index (χ2n) is 7.52. The third-order valence-electron chi connectivity index (χ3n) is 5.87. The van der Waals surface area contributed by atoms with Crippen LogP contribution in [0.15, 0.2) is 6.33 Å². The van der Waals surface area contributed by atoms with Gasteiger partial charge in [-0.25, -0.2) is 15.0 Å². The molecule has 0 saturated heterocycles. The van der Waals surface area contributed by atoms with Gasteiger partial charge in [-0.15, -0.1) is 11.3 Å². The monoisotopic (exact) mass is 352 g/mol. The smallest absolute Gasteiger partial charge is 0.147 e. The Morgan fingerprint density at radius 3 is 2.64 bits per heavy atom. The second kappa shape index (κ2) is 6.20. The van der Waals surface area contributed by atoms with Gasteiger partial charge in [-0.05, 0) is 56.6 Å². The molecule has 3 aromatic rings. The van der Waals surface area contributed by atoms with Crippen molar-refractivity contribution in [3.63, 3.8) is 0 Å². The summed E-state index contributed by atoms with van der Waals surface area (Å²) in [6.45, 7) is 2.17. The van der Waals surface area contributed by atoms with Crippen LogP contribution >= 0.6 is 11.3 Å². The maximum absolute atomic E-state index is 4.94. The predicted octanol–water partition coefficient (Wildman–Crippen LogP) is 5.17. The van der Waals surface area contributed by atoms with Crippen molar-refractivity contribution in [3.05, 3.63) is 23.1 Å². The van der Waals surface area contributed by atoms with Gasteiger partial charge in [-0.1, -0.05) is 19.3 Å². The lowest BCUT2D eigenvalue weighted by Crippen LogP contribution is -2.22. The maximum atomic E-state index is 4.94.